The third-order valence-electron chi connectivity index (χ3n) is 1.54. The number of carboxylic acids is 2. The van der Waals surface area contributed by atoms with E-state index in [0.717, 1.165) is 12.2 Å². The molecule has 0 aliphatic heterocycles. The van der Waals surface area contributed by atoms with Crippen molar-refractivity contribution < 1.29 is 49.1 Å². The van der Waals surface area contributed by atoms with E-state index in [4.69, 9.17) is 20.4 Å². The van der Waals surface area contributed by atoms with Crippen LogP contribution in [0.1, 0.15) is 0 Å². The first kappa shape index (κ1) is 34.6. The second-order valence-electron chi connectivity index (χ2n) is 3.02. The fourth-order valence-electron chi connectivity index (χ4n) is 0.437. The molecule has 0 aliphatic carbocycles. The maximum absolute atomic E-state index is 9.84. The first-order chi connectivity index (χ1) is 10.1. The summed E-state index contributed by atoms with van der Waals surface area (Å²) in [4.78, 5) is 39.2. The van der Waals surface area contributed by atoms with Gasteiger partial charge in [0, 0.05) is 12.2 Å². The van der Waals surface area contributed by atoms with E-state index in [1.807, 2.05) is 0 Å². The number of methoxy groups -OCH3 is 2. The number of aliphatic carboxylic acids is 2. The van der Waals surface area contributed by atoms with Crippen LogP contribution in [0.3, 0.4) is 0 Å². The number of carboxylic acid groups (broad SMARTS) is 2. The summed E-state index contributed by atoms with van der Waals surface area (Å²) in [7, 11) is 2.62. The van der Waals surface area contributed by atoms with Crippen LogP contribution in [-0.2, 0) is 28.7 Å². The Morgan fingerprint density at radius 2 is 1.00 bits per heavy atom. The molecule has 4 N–H and O–H groups in total. The zero-order valence-corrected chi connectivity index (χ0v) is 12.0. The van der Waals surface area contributed by atoms with Crippen LogP contribution >= 0.6 is 0 Å². The van der Waals surface area contributed by atoms with Crippen LogP contribution < -0.4 is 0 Å². The fourth-order valence-corrected chi connectivity index (χ4v) is 0.437. The average Bonchev–Trinajstić information content (AvgIpc) is 2.52. The van der Waals surface area contributed by atoms with Crippen molar-refractivity contribution in [2.24, 2.45) is 0 Å². The molecule has 0 spiro atoms. The Labute approximate surface area is 182 Å². The Morgan fingerprint density at radius 3 is 1.04 bits per heavy atom. The SMILES string of the molecule is C=CC(=O)OC.C=CC(=O)OC.O=C(O)C(O)C(O)C(=O)O.[NaH].[NaH]. The molecule has 0 aromatic heterocycles. The third-order valence-corrected chi connectivity index (χ3v) is 1.54. The molecule has 0 amide bonds. The zero-order chi connectivity index (χ0) is 18.3. The van der Waals surface area contributed by atoms with Crippen LogP contribution in [0.25, 0.3) is 0 Å². The van der Waals surface area contributed by atoms with Crippen molar-refractivity contribution in [3.63, 3.8) is 0 Å². The van der Waals surface area contributed by atoms with Crippen molar-refractivity contribution in [3.8, 4) is 0 Å². The number of rotatable bonds is 5. The van der Waals surface area contributed by atoms with Gasteiger partial charge in [-0.3, -0.25) is 0 Å². The molecule has 0 saturated heterocycles. The van der Waals surface area contributed by atoms with Crippen LogP contribution in [0, 0.1) is 0 Å². The van der Waals surface area contributed by atoms with E-state index in [9.17, 15) is 19.2 Å². The van der Waals surface area contributed by atoms with Gasteiger partial charge in [0.2, 0.25) is 0 Å². The number of ether oxygens (including phenoxy) is 2. The number of esters is 2. The number of carbonyl (C=O) groups excluding carboxylic acids is 2. The van der Waals surface area contributed by atoms with Crippen molar-refractivity contribution in [1.29, 1.82) is 0 Å². The van der Waals surface area contributed by atoms with Crippen molar-refractivity contribution in [1.82, 2.24) is 0 Å². The van der Waals surface area contributed by atoms with Crippen LogP contribution in [0.2, 0.25) is 0 Å². The van der Waals surface area contributed by atoms with Crippen molar-refractivity contribution >= 4 is 83.0 Å². The summed E-state index contributed by atoms with van der Waals surface area (Å²) < 4.78 is 8.28. The van der Waals surface area contributed by atoms with Gasteiger partial charge in [-0.1, -0.05) is 13.2 Å². The molecule has 0 bridgehead atoms. The molecule has 24 heavy (non-hydrogen) atoms. The summed E-state index contributed by atoms with van der Waals surface area (Å²) in [5, 5.41) is 32.5. The van der Waals surface area contributed by atoms with E-state index >= 15 is 0 Å². The number of hydrogen-bond acceptors (Lipinski definition) is 8. The third kappa shape index (κ3) is 23.5. The van der Waals surface area contributed by atoms with E-state index in [2.05, 4.69) is 22.6 Å². The summed E-state index contributed by atoms with van der Waals surface area (Å²) in [6.45, 7) is 6.31. The Bertz CT molecular complexity index is 373. The summed E-state index contributed by atoms with van der Waals surface area (Å²) in [5.41, 5.74) is 0. The molecule has 2 atom stereocenters. The molecule has 2 unspecified atom stereocenters. The van der Waals surface area contributed by atoms with Gasteiger partial charge in [0.15, 0.2) is 12.2 Å². The molecule has 0 saturated carbocycles. The first-order valence-electron chi connectivity index (χ1n) is 5.31. The van der Waals surface area contributed by atoms with Crippen LogP contribution in [0.15, 0.2) is 25.3 Å². The van der Waals surface area contributed by atoms with Gasteiger partial charge in [-0.15, -0.1) is 0 Å². The van der Waals surface area contributed by atoms with Gasteiger partial charge < -0.3 is 29.9 Å². The number of hydrogen-bond donors (Lipinski definition) is 4. The minimum absolute atomic E-state index is 0. The van der Waals surface area contributed by atoms with Crippen molar-refractivity contribution in [3.05, 3.63) is 25.3 Å². The minimum atomic E-state index is -2.27. The average molecular weight is 370 g/mol. The predicted octanol–water partition coefficient (Wildman–Crippen LogP) is -2.73. The monoisotopic (exact) mass is 370 g/mol. The molecular weight excluding hydrogens is 350 g/mol. The first-order valence-corrected chi connectivity index (χ1v) is 5.31. The Balaban J connectivity index is -0.0000000759. The van der Waals surface area contributed by atoms with Gasteiger partial charge >= 0.3 is 83.0 Å². The van der Waals surface area contributed by atoms with Gasteiger partial charge in [0.25, 0.3) is 0 Å². The second kappa shape index (κ2) is 22.3. The molecule has 0 aromatic carbocycles. The molecular formula is C12H20Na2O10. The van der Waals surface area contributed by atoms with Crippen LogP contribution in [0.4, 0.5) is 0 Å². The molecule has 0 fully saturated rings. The summed E-state index contributed by atoms with van der Waals surface area (Å²) in [6, 6.07) is 0. The van der Waals surface area contributed by atoms with Gasteiger partial charge in [-0.25, -0.2) is 19.2 Å². The summed E-state index contributed by atoms with van der Waals surface area (Å²) in [6.07, 6.45) is -2.31. The van der Waals surface area contributed by atoms with Crippen LogP contribution in [0.5, 0.6) is 0 Å². The molecule has 12 heteroatoms. The van der Waals surface area contributed by atoms with Gasteiger partial charge in [-0.2, -0.15) is 0 Å². The van der Waals surface area contributed by atoms with Crippen molar-refractivity contribution in [2.75, 3.05) is 14.2 Å². The second-order valence-corrected chi connectivity index (χ2v) is 3.02. The molecule has 0 rings (SSSR count). The van der Waals surface area contributed by atoms with Gasteiger partial charge in [-0.05, 0) is 0 Å². The topological polar surface area (TPSA) is 168 Å². The normalized spacial score (nSPS) is 10.0. The van der Waals surface area contributed by atoms with Crippen molar-refractivity contribution in [2.45, 2.75) is 12.2 Å². The zero-order valence-electron chi connectivity index (χ0n) is 12.0. The Kier molecular flexibility index (Phi) is 32.1. The van der Waals surface area contributed by atoms with Crippen LogP contribution in [-0.4, -0.2) is 130 Å². The van der Waals surface area contributed by atoms with E-state index in [1.165, 1.54) is 14.2 Å². The van der Waals surface area contributed by atoms with E-state index in [-0.39, 0.29) is 59.1 Å². The van der Waals surface area contributed by atoms with Gasteiger partial charge in [0.1, 0.15) is 0 Å². The molecule has 130 valence electrons. The summed E-state index contributed by atoms with van der Waals surface area (Å²) >= 11 is 0. The van der Waals surface area contributed by atoms with E-state index < -0.39 is 36.1 Å². The molecule has 0 heterocycles. The molecule has 0 aliphatic rings. The number of carbonyl (C=O) groups is 4. The number of aliphatic hydroxyl groups excluding tert-OH is 2. The van der Waals surface area contributed by atoms with Gasteiger partial charge in [0.05, 0.1) is 14.2 Å². The standard InChI is InChI=1S/C4H6O6.2C4H6O2.2Na.2H/c5-1(3(7)8)2(6)4(9)10;2*1-3-4(5)6-2;;;;/h1-2,5-6H,(H,7,8)(H,9,10);2*3H,1H2,2H3;;;;. The molecule has 0 radical (unpaired) electrons. The van der Waals surface area contributed by atoms with E-state index in [0.29, 0.717) is 0 Å². The predicted molar refractivity (Wildman–Crippen MR) is 86.0 cm³/mol. The van der Waals surface area contributed by atoms with E-state index in [1.54, 1.807) is 0 Å². The number of aliphatic hydroxyl groups is 2. The fraction of sp³-hybridized carbons (Fsp3) is 0.333. The molecule has 10 nitrogen and oxygen atoms in total. The quantitative estimate of drug-likeness (QED) is 0.226. The maximum atomic E-state index is 9.84. The molecule has 0 aromatic rings. The Morgan fingerprint density at radius 1 is 0.792 bits per heavy atom. The summed E-state index contributed by atoms with van der Waals surface area (Å²) in [5.74, 6) is -4.32. The Hall–Kier alpha value is -0.720.